The van der Waals surface area contributed by atoms with Gasteiger partial charge in [0.05, 0.1) is 11.2 Å². The highest BCUT2D eigenvalue weighted by molar-refractivity contribution is 6.29. The first-order chi connectivity index (χ1) is 13.8. The summed E-state index contributed by atoms with van der Waals surface area (Å²) in [5.41, 5.74) is 4.22. The third-order valence-corrected chi connectivity index (χ3v) is 5.39. The maximum atomic E-state index is 6.44. The molecular weight excluding hydrogens is 368 g/mol. The Hall–Kier alpha value is -3.43. The van der Waals surface area contributed by atoms with E-state index < -0.39 is 0 Å². The highest BCUT2D eigenvalue weighted by atomic mass is 35.5. The van der Waals surface area contributed by atoms with Crippen LogP contribution >= 0.6 is 11.6 Å². The molecule has 4 heteroatoms. The van der Waals surface area contributed by atoms with Gasteiger partial charge in [0.25, 0.3) is 0 Å². The molecule has 0 aliphatic carbocycles. The number of benzene rings is 4. The molecule has 0 fully saturated rings. The minimum absolute atomic E-state index is 0.229. The van der Waals surface area contributed by atoms with Crippen LogP contribution in [-0.4, -0.2) is 9.97 Å². The fourth-order valence-electron chi connectivity index (χ4n) is 3.97. The van der Waals surface area contributed by atoms with Gasteiger partial charge in [0.1, 0.15) is 11.2 Å². The summed E-state index contributed by atoms with van der Waals surface area (Å²) < 4.78 is 6.44. The molecule has 0 saturated heterocycles. The van der Waals surface area contributed by atoms with Gasteiger partial charge in [0, 0.05) is 27.1 Å². The van der Waals surface area contributed by atoms with Crippen molar-refractivity contribution in [3.05, 3.63) is 84.1 Å². The number of aromatic nitrogens is 2. The smallest absolute Gasteiger partial charge is 0.223 e. The van der Waals surface area contributed by atoms with Crippen LogP contribution in [0.4, 0.5) is 0 Å². The Morgan fingerprint density at radius 3 is 2.29 bits per heavy atom. The number of nitrogens with zero attached hydrogens (tertiary/aromatic N) is 2. The molecular formula is C24H13ClN2O. The van der Waals surface area contributed by atoms with Crippen molar-refractivity contribution in [3.63, 3.8) is 0 Å². The lowest BCUT2D eigenvalue weighted by Crippen LogP contribution is -1.91. The number of rotatable bonds is 1. The summed E-state index contributed by atoms with van der Waals surface area (Å²) in [6, 6.07) is 26.6. The van der Waals surface area contributed by atoms with Crippen molar-refractivity contribution < 1.29 is 4.42 Å². The minimum Gasteiger partial charge on any atom is -0.455 e. The van der Waals surface area contributed by atoms with Gasteiger partial charge in [0.2, 0.25) is 5.28 Å². The third kappa shape index (κ3) is 2.17. The van der Waals surface area contributed by atoms with E-state index in [0.29, 0.717) is 0 Å². The summed E-state index contributed by atoms with van der Waals surface area (Å²) in [5, 5.41) is 5.60. The van der Waals surface area contributed by atoms with Gasteiger partial charge in [-0.2, -0.15) is 0 Å². The summed E-state index contributed by atoms with van der Waals surface area (Å²) in [4.78, 5) is 8.90. The van der Waals surface area contributed by atoms with Crippen LogP contribution in [0.1, 0.15) is 0 Å². The lowest BCUT2D eigenvalue weighted by molar-refractivity contribution is 0.673. The van der Waals surface area contributed by atoms with E-state index in [4.69, 9.17) is 16.0 Å². The zero-order chi connectivity index (χ0) is 18.7. The Morgan fingerprint density at radius 2 is 1.36 bits per heavy atom. The van der Waals surface area contributed by atoms with E-state index in [9.17, 15) is 0 Å². The lowest BCUT2D eigenvalue weighted by Gasteiger charge is -2.06. The van der Waals surface area contributed by atoms with E-state index in [2.05, 4.69) is 40.3 Å². The van der Waals surface area contributed by atoms with Crippen molar-refractivity contribution in [2.45, 2.75) is 0 Å². The molecule has 0 radical (unpaired) electrons. The molecule has 0 bridgehead atoms. The van der Waals surface area contributed by atoms with Crippen molar-refractivity contribution in [2.75, 3.05) is 0 Å². The van der Waals surface area contributed by atoms with Crippen LogP contribution in [0.15, 0.2) is 83.3 Å². The molecule has 4 aromatic carbocycles. The highest BCUT2D eigenvalue weighted by Crippen LogP contribution is 2.39. The largest absolute Gasteiger partial charge is 0.455 e. The minimum atomic E-state index is 0.229. The van der Waals surface area contributed by atoms with E-state index in [1.165, 1.54) is 0 Å². The van der Waals surface area contributed by atoms with Crippen LogP contribution < -0.4 is 0 Å². The SMILES string of the molecule is Clc1nc(-c2cccc3c2oc2c4ccccc4ccc32)c2ccccc2n1. The Labute approximate surface area is 165 Å². The first-order valence-corrected chi connectivity index (χ1v) is 9.43. The van der Waals surface area contributed by atoms with Crippen molar-refractivity contribution in [3.8, 4) is 11.3 Å². The molecule has 0 amide bonds. The van der Waals surface area contributed by atoms with Gasteiger partial charge in [0.15, 0.2) is 0 Å². The molecule has 0 aliphatic heterocycles. The number of hydrogen-bond acceptors (Lipinski definition) is 3. The summed E-state index contributed by atoms with van der Waals surface area (Å²) in [5.74, 6) is 0. The van der Waals surface area contributed by atoms with Gasteiger partial charge >= 0.3 is 0 Å². The Kier molecular flexibility index (Phi) is 3.22. The summed E-state index contributed by atoms with van der Waals surface area (Å²) in [6.07, 6.45) is 0. The molecule has 0 spiro atoms. The second-order valence-corrected chi connectivity index (χ2v) is 7.14. The number of hydrogen-bond donors (Lipinski definition) is 0. The average molecular weight is 381 g/mol. The van der Waals surface area contributed by atoms with Gasteiger partial charge in [-0.3, -0.25) is 0 Å². The first-order valence-electron chi connectivity index (χ1n) is 9.05. The molecule has 2 heterocycles. The van der Waals surface area contributed by atoms with Gasteiger partial charge in [-0.05, 0) is 35.2 Å². The van der Waals surface area contributed by atoms with Crippen LogP contribution in [0.5, 0.6) is 0 Å². The lowest BCUT2D eigenvalue weighted by atomic mass is 10.0. The fraction of sp³-hybridized carbons (Fsp3) is 0. The molecule has 0 aliphatic rings. The molecule has 0 atom stereocenters. The second-order valence-electron chi connectivity index (χ2n) is 6.81. The Bertz CT molecular complexity index is 1530. The van der Waals surface area contributed by atoms with E-state index in [-0.39, 0.29) is 5.28 Å². The van der Waals surface area contributed by atoms with E-state index in [0.717, 1.165) is 54.9 Å². The normalized spacial score (nSPS) is 11.8. The Morgan fingerprint density at radius 1 is 0.607 bits per heavy atom. The quantitative estimate of drug-likeness (QED) is 0.288. The summed E-state index contributed by atoms with van der Waals surface area (Å²) >= 11 is 6.23. The molecule has 28 heavy (non-hydrogen) atoms. The fourth-order valence-corrected chi connectivity index (χ4v) is 4.14. The van der Waals surface area contributed by atoms with Crippen molar-refractivity contribution in [1.82, 2.24) is 9.97 Å². The van der Waals surface area contributed by atoms with Gasteiger partial charge < -0.3 is 4.42 Å². The predicted octanol–water partition coefficient (Wildman–Crippen LogP) is 7.00. The maximum Gasteiger partial charge on any atom is 0.223 e. The van der Waals surface area contributed by atoms with Gasteiger partial charge in [-0.25, -0.2) is 9.97 Å². The monoisotopic (exact) mass is 380 g/mol. The zero-order valence-corrected chi connectivity index (χ0v) is 15.4. The molecule has 6 aromatic rings. The second kappa shape index (κ2) is 5.78. The molecule has 0 unspecified atom stereocenters. The van der Waals surface area contributed by atoms with Crippen LogP contribution in [0, 0.1) is 0 Å². The van der Waals surface area contributed by atoms with Gasteiger partial charge in [-0.15, -0.1) is 0 Å². The maximum absolute atomic E-state index is 6.44. The average Bonchev–Trinajstić information content (AvgIpc) is 3.12. The number of furan rings is 1. The Balaban J connectivity index is 1.77. The molecule has 0 saturated carbocycles. The number of halogens is 1. The van der Waals surface area contributed by atoms with Crippen molar-refractivity contribution >= 4 is 55.2 Å². The first kappa shape index (κ1) is 15.6. The molecule has 3 nitrogen and oxygen atoms in total. The van der Waals surface area contributed by atoms with Crippen molar-refractivity contribution in [1.29, 1.82) is 0 Å². The molecule has 6 rings (SSSR count). The molecule has 132 valence electrons. The number of fused-ring (bicyclic) bond motifs is 6. The highest BCUT2D eigenvalue weighted by Gasteiger charge is 2.17. The van der Waals surface area contributed by atoms with Crippen LogP contribution in [0.25, 0.3) is 54.9 Å². The summed E-state index contributed by atoms with van der Waals surface area (Å²) in [7, 11) is 0. The van der Waals surface area contributed by atoms with Crippen LogP contribution in [-0.2, 0) is 0 Å². The van der Waals surface area contributed by atoms with E-state index in [1.807, 2.05) is 48.5 Å². The zero-order valence-electron chi connectivity index (χ0n) is 14.7. The van der Waals surface area contributed by atoms with E-state index in [1.54, 1.807) is 0 Å². The summed E-state index contributed by atoms with van der Waals surface area (Å²) in [6.45, 7) is 0. The molecule has 0 N–H and O–H groups in total. The predicted molar refractivity (Wildman–Crippen MR) is 115 cm³/mol. The topological polar surface area (TPSA) is 38.9 Å². The van der Waals surface area contributed by atoms with Crippen LogP contribution in [0.2, 0.25) is 5.28 Å². The standard InChI is InChI=1S/C24H13ClN2O/c25-24-26-20-11-4-3-8-18(20)21(27-24)19-10-5-9-16-17-13-12-14-6-1-2-7-15(14)22(17)28-23(16)19/h1-13H. The van der Waals surface area contributed by atoms with E-state index >= 15 is 0 Å². The van der Waals surface area contributed by atoms with Gasteiger partial charge in [-0.1, -0.05) is 60.7 Å². The third-order valence-electron chi connectivity index (χ3n) is 5.22. The van der Waals surface area contributed by atoms with Crippen molar-refractivity contribution in [2.24, 2.45) is 0 Å². The molecule has 2 aromatic heterocycles. The number of para-hydroxylation sites is 2. The van der Waals surface area contributed by atoms with Crippen LogP contribution in [0.3, 0.4) is 0 Å².